The van der Waals surface area contributed by atoms with E-state index in [0.717, 1.165) is 48.2 Å². The van der Waals surface area contributed by atoms with Crippen LogP contribution < -0.4 is 19.9 Å². The van der Waals surface area contributed by atoms with Gasteiger partial charge in [0.15, 0.2) is 0 Å². The molecule has 1 aliphatic heterocycles. The number of carbonyl (C=O) groups excluding carboxylic acids is 2. The Balaban J connectivity index is 1.50. The highest BCUT2D eigenvalue weighted by atomic mass is 32.2. The van der Waals surface area contributed by atoms with Gasteiger partial charge in [-0.2, -0.15) is 0 Å². The Morgan fingerprint density at radius 2 is 1.50 bits per heavy atom. The van der Waals surface area contributed by atoms with E-state index in [9.17, 15) is 9.59 Å². The van der Waals surface area contributed by atoms with Gasteiger partial charge < -0.3 is 24.8 Å². The first-order valence-electron chi connectivity index (χ1n) is 13.1. The van der Waals surface area contributed by atoms with Crippen molar-refractivity contribution in [3.05, 3.63) is 78.4 Å². The summed E-state index contributed by atoms with van der Waals surface area (Å²) in [4.78, 5) is 33.7. The molecule has 1 heterocycles. The van der Waals surface area contributed by atoms with Gasteiger partial charge in [-0.15, -0.1) is 11.8 Å². The molecule has 0 aromatic heterocycles. The van der Waals surface area contributed by atoms with Gasteiger partial charge in [0.05, 0.1) is 24.1 Å². The fourth-order valence-corrected chi connectivity index (χ4v) is 5.40. The first-order valence-corrected chi connectivity index (χ1v) is 14.1. The highest BCUT2D eigenvalue weighted by Crippen LogP contribution is 2.31. The number of hydrogen-bond acceptors (Lipinski definition) is 6. The normalized spacial score (nSPS) is 13.2. The van der Waals surface area contributed by atoms with Gasteiger partial charge in [-0.1, -0.05) is 30.3 Å². The first kappa shape index (κ1) is 27.4. The van der Waals surface area contributed by atoms with Crippen molar-refractivity contribution in [3.63, 3.8) is 0 Å². The molecular formula is C30H36N4O3S. The Labute approximate surface area is 229 Å². The SMILES string of the molecule is CCN(CC)C(=O)c1cc(NC(=O)CSc2ccccc2)ccc1N1CCN(c2ccccc2OC)CC1. The topological polar surface area (TPSA) is 65.1 Å². The average Bonchev–Trinajstić information content (AvgIpc) is 2.97. The van der Waals surface area contributed by atoms with E-state index in [4.69, 9.17) is 4.74 Å². The molecule has 2 amide bonds. The molecule has 0 bridgehead atoms. The van der Waals surface area contributed by atoms with E-state index in [2.05, 4.69) is 21.2 Å². The Morgan fingerprint density at radius 1 is 0.868 bits per heavy atom. The number of hydrogen-bond donors (Lipinski definition) is 1. The van der Waals surface area contributed by atoms with Crippen molar-refractivity contribution in [2.24, 2.45) is 0 Å². The molecule has 0 atom stereocenters. The van der Waals surface area contributed by atoms with Crippen molar-refractivity contribution in [2.45, 2.75) is 18.7 Å². The number of nitrogens with zero attached hydrogens (tertiary/aromatic N) is 3. The zero-order valence-corrected chi connectivity index (χ0v) is 23.2. The highest BCUT2D eigenvalue weighted by molar-refractivity contribution is 8.00. The summed E-state index contributed by atoms with van der Waals surface area (Å²) < 4.78 is 5.56. The van der Waals surface area contributed by atoms with Crippen LogP contribution in [0.3, 0.4) is 0 Å². The Bertz CT molecular complexity index is 1230. The molecule has 1 fully saturated rings. The van der Waals surface area contributed by atoms with Crippen LogP contribution in [0.4, 0.5) is 17.1 Å². The van der Waals surface area contributed by atoms with Crippen molar-refractivity contribution >= 4 is 40.6 Å². The van der Waals surface area contributed by atoms with E-state index in [1.807, 2.05) is 85.5 Å². The third kappa shape index (κ3) is 6.61. The minimum absolute atomic E-state index is 0.0214. The van der Waals surface area contributed by atoms with Crippen molar-refractivity contribution in [2.75, 3.05) is 67.2 Å². The fraction of sp³-hybridized carbons (Fsp3) is 0.333. The Hall–Kier alpha value is -3.65. The molecule has 3 aromatic rings. The summed E-state index contributed by atoms with van der Waals surface area (Å²) in [5.74, 6) is 1.05. The fourth-order valence-electron chi connectivity index (χ4n) is 4.68. The smallest absolute Gasteiger partial charge is 0.256 e. The maximum Gasteiger partial charge on any atom is 0.256 e. The third-order valence-electron chi connectivity index (χ3n) is 6.72. The van der Waals surface area contributed by atoms with Crippen LogP contribution in [0.2, 0.25) is 0 Å². The molecule has 0 saturated carbocycles. The Kier molecular flexibility index (Phi) is 9.54. The molecule has 8 heteroatoms. The molecule has 4 rings (SSSR count). The van der Waals surface area contributed by atoms with Crippen LogP contribution in [0, 0.1) is 0 Å². The first-order chi connectivity index (χ1) is 18.5. The van der Waals surface area contributed by atoms with E-state index in [0.29, 0.717) is 30.1 Å². The lowest BCUT2D eigenvalue weighted by molar-refractivity contribution is -0.113. The van der Waals surface area contributed by atoms with Crippen LogP contribution in [0.15, 0.2) is 77.7 Å². The number of rotatable bonds is 10. The van der Waals surface area contributed by atoms with Gasteiger partial charge in [0, 0.05) is 55.5 Å². The summed E-state index contributed by atoms with van der Waals surface area (Å²) in [6, 6.07) is 23.6. The van der Waals surface area contributed by atoms with Crippen LogP contribution >= 0.6 is 11.8 Å². The van der Waals surface area contributed by atoms with Gasteiger partial charge in [-0.05, 0) is 56.3 Å². The third-order valence-corrected chi connectivity index (χ3v) is 7.73. The summed E-state index contributed by atoms with van der Waals surface area (Å²) in [6.07, 6.45) is 0. The summed E-state index contributed by atoms with van der Waals surface area (Å²) in [7, 11) is 1.70. The van der Waals surface area contributed by atoms with Crippen molar-refractivity contribution in [1.29, 1.82) is 0 Å². The molecule has 1 aliphatic rings. The number of benzene rings is 3. The molecule has 1 N–H and O–H groups in total. The lowest BCUT2D eigenvalue weighted by Gasteiger charge is -2.38. The summed E-state index contributed by atoms with van der Waals surface area (Å²) >= 11 is 1.49. The standard InChI is InChI=1S/C30H36N4O3S/c1-4-32(5-2)30(36)25-21-23(31-29(35)22-38-24-11-7-6-8-12-24)15-16-26(25)33-17-19-34(20-18-33)27-13-9-10-14-28(27)37-3/h6-16,21H,4-5,17-20,22H2,1-3H3,(H,31,35). The molecule has 0 spiro atoms. The van der Waals surface area contributed by atoms with Crippen LogP contribution in [-0.4, -0.2) is 68.8 Å². The van der Waals surface area contributed by atoms with E-state index in [1.165, 1.54) is 11.8 Å². The van der Waals surface area contributed by atoms with E-state index < -0.39 is 0 Å². The van der Waals surface area contributed by atoms with Gasteiger partial charge in [0.1, 0.15) is 5.75 Å². The van der Waals surface area contributed by atoms with Gasteiger partial charge in [-0.25, -0.2) is 0 Å². The lowest BCUT2D eigenvalue weighted by Crippen LogP contribution is -2.47. The van der Waals surface area contributed by atoms with Gasteiger partial charge in [0.25, 0.3) is 5.91 Å². The van der Waals surface area contributed by atoms with Gasteiger partial charge in [0.2, 0.25) is 5.91 Å². The number of amides is 2. The number of piperazine rings is 1. The second kappa shape index (κ2) is 13.2. The summed E-state index contributed by atoms with van der Waals surface area (Å²) in [5.41, 5.74) is 3.24. The molecule has 1 saturated heterocycles. The molecule has 7 nitrogen and oxygen atoms in total. The maximum absolute atomic E-state index is 13.5. The summed E-state index contributed by atoms with van der Waals surface area (Å²) in [6.45, 7) is 8.40. The lowest BCUT2D eigenvalue weighted by atomic mass is 10.1. The molecular weight excluding hydrogens is 496 g/mol. The quantitative estimate of drug-likeness (QED) is 0.361. The number of para-hydroxylation sites is 2. The van der Waals surface area contributed by atoms with Crippen LogP contribution in [0.25, 0.3) is 0 Å². The van der Waals surface area contributed by atoms with Crippen molar-refractivity contribution in [3.8, 4) is 5.75 Å². The second-order valence-corrected chi connectivity index (χ2v) is 10.1. The minimum atomic E-state index is -0.0988. The summed E-state index contributed by atoms with van der Waals surface area (Å²) in [5, 5.41) is 2.98. The largest absolute Gasteiger partial charge is 0.495 e. The van der Waals surface area contributed by atoms with Crippen LogP contribution in [0.1, 0.15) is 24.2 Å². The van der Waals surface area contributed by atoms with Crippen molar-refractivity contribution < 1.29 is 14.3 Å². The van der Waals surface area contributed by atoms with E-state index in [-0.39, 0.29) is 11.8 Å². The van der Waals surface area contributed by atoms with Gasteiger partial charge >= 0.3 is 0 Å². The predicted molar refractivity (Wildman–Crippen MR) is 157 cm³/mol. The number of nitrogens with one attached hydrogen (secondary N) is 1. The molecule has 38 heavy (non-hydrogen) atoms. The molecule has 0 unspecified atom stereocenters. The monoisotopic (exact) mass is 532 g/mol. The highest BCUT2D eigenvalue weighted by Gasteiger charge is 2.25. The van der Waals surface area contributed by atoms with Crippen LogP contribution in [-0.2, 0) is 4.79 Å². The predicted octanol–water partition coefficient (Wildman–Crippen LogP) is 5.23. The molecule has 0 radical (unpaired) electrons. The van der Waals surface area contributed by atoms with E-state index in [1.54, 1.807) is 7.11 Å². The zero-order chi connectivity index (χ0) is 26.9. The second-order valence-electron chi connectivity index (χ2n) is 9.01. The number of methoxy groups -OCH3 is 1. The minimum Gasteiger partial charge on any atom is -0.495 e. The molecule has 3 aromatic carbocycles. The zero-order valence-electron chi connectivity index (χ0n) is 22.4. The Morgan fingerprint density at radius 3 is 2.16 bits per heavy atom. The number of anilines is 3. The van der Waals surface area contributed by atoms with E-state index >= 15 is 0 Å². The number of thioether (sulfide) groups is 1. The van der Waals surface area contributed by atoms with Crippen molar-refractivity contribution in [1.82, 2.24) is 4.90 Å². The maximum atomic E-state index is 13.5. The number of ether oxygens (including phenoxy) is 1. The van der Waals surface area contributed by atoms with Gasteiger partial charge in [-0.3, -0.25) is 9.59 Å². The average molecular weight is 533 g/mol. The number of carbonyl (C=O) groups is 2. The molecule has 0 aliphatic carbocycles. The molecule has 200 valence electrons. The van der Waals surface area contributed by atoms with Crippen LogP contribution in [0.5, 0.6) is 5.75 Å².